The highest BCUT2D eigenvalue weighted by atomic mass is 16.5. The highest BCUT2D eigenvalue weighted by Gasteiger charge is 2.09. The highest BCUT2D eigenvalue weighted by molar-refractivity contribution is 5.28. The molecular formula is C17H28N2O. The Labute approximate surface area is 123 Å². The van der Waals surface area contributed by atoms with Crippen LogP contribution in [0.1, 0.15) is 38.7 Å². The van der Waals surface area contributed by atoms with Crippen LogP contribution in [-0.4, -0.2) is 37.2 Å². The Kier molecular flexibility index (Phi) is 6.34. The van der Waals surface area contributed by atoms with Crippen molar-refractivity contribution >= 4 is 0 Å². The van der Waals surface area contributed by atoms with Gasteiger partial charge < -0.3 is 15.0 Å². The molecule has 0 aliphatic carbocycles. The number of nitrogens with zero attached hydrogens (tertiary/aromatic N) is 1. The topological polar surface area (TPSA) is 24.5 Å². The van der Waals surface area contributed by atoms with Gasteiger partial charge >= 0.3 is 0 Å². The molecule has 1 saturated heterocycles. The Morgan fingerprint density at radius 3 is 2.80 bits per heavy atom. The third kappa shape index (κ3) is 5.51. The lowest BCUT2D eigenvalue weighted by atomic mass is 10.2. The van der Waals surface area contributed by atoms with E-state index in [1.807, 2.05) is 6.07 Å². The molecule has 0 atom stereocenters. The molecule has 2 rings (SSSR count). The molecule has 1 aliphatic rings. The van der Waals surface area contributed by atoms with Gasteiger partial charge in [0, 0.05) is 6.54 Å². The molecule has 0 aromatic heterocycles. The van der Waals surface area contributed by atoms with E-state index in [4.69, 9.17) is 4.74 Å². The summed E-state index contributed by atoms with van der Waals surface area (Å²) in [5.41, 5.74) is 1.30. The average molecular weight is 276 g/mol. The van der Waals surface area contributed by atoms with Crippen LogP contribution in [-0.2, 0) is 6.54 Å². The minimum atomic E-state index is 0.235. The predicted octanol–water partition coefficient (Wildman–Crippen LogP) is 3.05. The van der Waals surface area contributed by atoms with Crippen molar-refractivity contribution in [2.45, 2.75) is 45.8 Å². The van der Waals surface area contributed by atoms with Crippen molar-refractivity contribution in [3.8, 4) is 5.75 Å². The molecule has 0 bridgehead atoms. The average Bonchev–Trinajstić information content (AvgIpc) is 2.91. The van der Waals surface area contributed by atoms with Crippen molar-refractivity contribution < 1.29 is 4.74 Å². The van der Waals surface area contributed by atoms with Gasteiger partial charge in [-0.05, 0) is 77.0 Å². The first kappa shape index (κ1) is 15.3. The molecule has 1 N–H and O–H groups in total. The van der Waals surface area contributed by atoms with Crippen molar-refractivity contribution in [1.82, 2.24) is 10.2 Å². The van der Waals surface area contributed by atoms with E-state index in [0.29, 0.717) is 0 Å². The lowest BCUT2D eigenvalue weighted by molar-refractivity contribution is 0.242. The molecule has 1 heterocycles. The van der Waals surface area contributed by atoms with Gasteiger partial charge in [0.25, 0.3) is 0 Å². The third-order valence-corrected chi connectivity index (χ3v) is 3.63. The van der Waals surface area contributed by atoms with E-state index < -0.39 is 0 Å². The number of benzene rings is 1. The molecular weight excluding hydrogens is 248 g/mol. The largest absolute Gasteiger partial charge is 0.491 e. The summed E-state index contributed by atoms with van der Waals surface area (Å²) in [5, 5.41) is 3.52. The molecule has 1 aromatic rings. The van der Waals surface area contributed by atoms with Crippen molar-refractivity contribution in [1.29, 1.82) is 0 Å². The van der Waals surface area contributed by atoms with E-state index in [9.17, 15) is 0 Å². The van der Waals surface area contributed by atoms with Gasteiger partial charge in [-0.15, -0.1) is 0 Å². The fourth-order valence-electron chi connectivity index (χ4n) is 2.67. The van der Waals surface area contributed by atoms with Crippen LogP contribution in [0.4, 0.5) is 0 Å². The van der Waals surface area contributed by atoms with Gasteiger partial charge in [0.2, 0.25) is 0 Å². The molecule has 1 aliphatic heterocycles. The molecule has 20 heavy (non-hydrogen) atoms. The van der Waals surface area contributed by atoms with Crippen LogP contribution in [0.2, 0.25) is 0 Å². The molecule has 1 aromatic carbocycles. The monoisotopic (exact) mass is 276 g/mol. The van der Waals surface area contributed by atoms with Crippen molar-refractivity contribution in [2.24, 2.45) is 0 Å². The van der Waals surface area contributed by atoms with Crippen LogP contribution in [0.15, 0.2) is 24.3 Å². The van der Waals surface area contributed by atoms with Gasteiger partial charge in [0.15, 0.2) is 0 Å². The van der Waals surface area contributed by atoms with Crippen LogP contribution >= 0.6 is 0 Å². The lowest BCUT2D eigenvalue weighted by Crippen LogP contribution is -2.24. The van der Waals surface area contributed by atoms with Gasteiger partial charge in [-0.3, -0.25) is 0 Å². The summed E-state index contributed by atoms with van der Waals surface area (Å²) in [7, 11) is 0. The Morgan fingerprint density at radius 2 is 2.05 bits per heavy atom. The molecule has 3 heteroatoms. The number of hydrogen-bond acceptors (Lipinski definition) is 3. The number of ether oxygens (including phenoxy) is 1. The lowest BCUT2D eigenvalue weighted by Gasteiger charge is -2.14. The number of nitrogens with one attached hydrogen (secondary N) is 1. The molecule has 0 radical (unpaired) electrons. The maximum atomic E-state index is 5.72. The van der Waals surface area contributed by atoms with Crippen LogP contribution in [0.3, 0.4) is 0 Å². The van der Waals surface area contributed by atoms with Gasteiger partial charge in [-0.25, -0.2) is 0 Å². The molecule has 0 amide bonds. The second-order valence-electron chi connectivity index (χ2n) is 5.89. The quantitative estimate of drug-likeness (QED) is 0.739. The Hall–Kier alpha value is -1.06. The number of hydrogen-bond donors (Lipinski definition) is 1. The van der Waals surface area contributed by atoms with E-state index in [0.717, 1.165) is 18.8 Å². The van der Waals surface area contributed by atoms with E-state index in [2.05, 4.69) is 42.3 Å². The summed E-state index contributed by atoms with van der Waals surface area (Å²) < 4.78 is 5.72. The summed E-state index contributed by atoms with van der Waals surface area (Å²) in [5.74, 6) is 0.969. The van der Waals surface area contributed by atoms with Crippen molar-refractivity contribution in [3.05, 3.63) is 29.8 Å². The second kappa shape index (κ2) is 8.28. The molecule has 3 nitrogen and oxygen atoms in total. The second-order valence-corrected chi connectivity index (χ2v) is 5.89. The first-order chi connectivity index (χ1) is 9.74. The zero-order valence-electron chi connectivity index (χ0n) is 12.9. The molecule has 0 unspecified atom stereocenters. The van der Waals surface area contributed by atoms with E-state index >= 15 is 0 Å². The Bertz CT molecular complexity index is 386. The SMILES string of the molecule is CC(C)Oc1cccc(CNCCCN2CCCC2)c1. The summed E-state index contributed by atoms with van der Waals surface area (Å²) in [4.78, 5) is 2.57. The van der Waals surface area contributed by atoms with Crippen LogP contribution in [0.25, 0.3) is 0 Å². The maximum absolute atomic E-state index is 5.72. The Morgan fingerprint density at radius 1 is 1.25 bits per heavy atom. The van der Waals surface area contributed by atoms with Crippen LogP contribution in [0.5, 0.6) is 5.75 Å². The first-order valence-corrected chi connectivity index (χ1v) is 7.93. The molecule has 112 valence electrons. The smallest absolute Gasteiger partial charge is 0.120 e. The van der Waals surface area contributed by atoms with Crippen LogP contribution in [0, 0.1) is 0 Å². The third-order valence-electron chi connectivity index (χ3n) is 3.63. The standard InChI is InChI=1S/C17H28N2O/c1-15(2)20-17-8-5-7-16(13-17)14-18-9-6-12-19-10-3-4-11-19/h5,7-8,13,15,18H,3-4,6,9-12,14H2,1-2H3. The molecule has 0 saturated carbocycles. The number of rotatable bonds is 8. The zero-order valence-corrected chi connectivity index (χ0v) is 12.9. The fraction of sp³-hybridized carbons (Fsp3) is 0.647. The van der Waals surface area contributed by atoms with E-state index in [1.165, 1.54) is 44.5 Å². The highest BCUT2D eigenvalue weighted by Crippen LogP contribution is 2.14. The summed E-state index contributed by atoms with van der Waals surface area (Å²) in [6.45, 7) is 9.97. The van der Waals surface area contributed by atoms with E-state index in [1.54, 1.807) is 0 Å². The molecule has 0 spiro atoms. The predicted molar refractivity (Wildman–Crippen MR) is 84.2 cm³/mol. The van der Waals surface area contributed by atoms with Crippen molar-refractivity contribution in [2.75, 3.05) is 26.2 Å². The van der Waals surface area contributed by atoms with Gasteiger partial charge in [-0.1, -0.05) is 12.1 Å². The summed E-state index contributed by atoms with van der Waals surface area (Å²) in [6, 6.07) is 8.38. The zero-order chi connectivity index (χ0) is 14.2. The maximum Gasteiger partial charge on any atom is 0.120 e. The first-order valence-electron chi connectivity index (χ1n) is 7.93. The normalized spacial score (nSPS) is 15.9. The Balaban J connectivity index is 1.63. The van der Waals surface area contributed by atoms with Gasteiger partial charge in [0.05, 0.1) is 6.10 Å². The molecule has 1 fully saturated rings. The van der Waals surface area contributed by atoms with Crippen LogP contribution < -0.4 is 10.1 Å². The number of likely N-dealkylation sites (tertiary alicyclic amines) is 1. The van der Waals surface area contributed by atoms with Crippen molar-refractivity contribution in [3.63, 3.8) is 0 Å². The van der Waals surface area contributed by atoms with E-state index in [-0.39, 0.29) is 6.10 Å². The van der Waals surface area contributed by atoms with Gasteiger partial charge in [0.1, 0.15) is 5.75 Å². The minimum Gasteiger partial charge on any atom is -0.491 e. The summed E-state index contributed by atoms with van der Waals surface area (Å²) in [6.07, 6.45) is 4.24. The summed E-state index contributed by atoms with van der Waals surface area (Å²) >= 11 is 0. The minimum absolute atomic E-state index is 0.235. The van der Waals surface area contributed by atoms with Gasteiger partial charge in [-0.2, -0.15) is 0 Å². The fourth-order valence-corrected chi connectivity index (χ4v) is 2.67.